The summed E-state index contributed by atoms with van der Waals surface area (Å²) in [6.07, 6.45) is 0.0640. The van der Waals surface area contributed by atoms with Crippen LogP contribution in [0, 0.1) is 10.1 Å². The topological polar surface area (TPSA) is 136 Å². The molecule has 12 heteroatoms. The second-order valence-corrected chi connectivity index (χ2v) is 9.31. The number of ether oxygens (including phenoxy) is 1. The number of amides is 3. The van der Waals surface area contributed by atoms with Gasteiger partial charge in [0.1, 0.15) is 30.7 Å². The third-order valence-electron chi connectivity index (χ3n) is 5.57. The van der Waals surface area contributed by atoms with Gasteiger partial charge < -0.3 is 14.5 Å². The summed E-state index contributed by atoms with van der Waals surface area (Å²) >= 11 is 1.09. The van der Waals surface area contributed by atoms with Crippen molar-refractivity contribution in [3.05, 3.63) is 46.0 Å². The van der Waals surface area contributed by atoms with Gasteiger partial charge in [-0.05, 0) is 12.5 Å². The molecule has 0 aliphatic carbocycles. The predicted molar refractivity (Wildman–Crippen MR) is 104 cm³/mol. The van der Waals surface area contributed by atoms with Crippen molar-refractivity contribution in [2.24, 2.45) is 0 Å². The molecule has 164 valence electrons. The van der Waals surface area contributed by atoms with Gasteiger partial charge in [-0.3, -0.25) is 19.3 Å². The Labute approximate surface area is 180 Å². The lowest BCUT2D eigenvalue weighted by atomic mass is 9.94. The van der Waals surface area contributed by atoms with Gasteiger partial charge in [0.2, 0.25) is 11.8 Å². The van der Waals surface area contributed by atoms with Gasteiger partial charge in [-0.2, -0.15) is 0 Å². The van der Waals surface area contributed by atoms with Crippen LogP contribution in [-0.4, -0.2) is 67.4 Å². The minimum Gasteiger partial charge on any atom is -0.459 e. The minimum absolute atomic E-state index is 0.0320. The van der Waals surface area contributed by atoms with E-state index in [-0.39, 0.29) is 19.4 Å². The van der Waals surface area contributed by atoms with Crippen LogP contribution < -0.4 is 0 Å². The van der Waals surface area contributed by atoms with E-state index in [4.69, 9.17) is 4.74 Å². The third-order valence-corrected chi connectivity index (χ3v) is 7.18. The zero-order chi connectivity index (χ0) is 22.3. The van der Waals surface area contributed by atoms with Crippen molar-refractivity contribution in [3.63, 3.8) is 0 Å². The molecular weight excluding hydrogens is 430 g/mol. The summed E-state index contributed by atoms with van der Waals surface area (Å²) in [6, 6.07) is 6.72. The molecule has 1 aromatic carbocycles. The zero-order valence-electron chi connectivity index (χ0n) is 16.5. The van der Waals surface area contributed by atoms with E-state index in [9.17, 15) is 29.3 Å². The second-order valence-electron chi connectivity index (χ2n) is 7.66. The molecule has 0 aromatic heterocycles. The number of fused-ring (bicyclic) bond motifs is 1. The maximum atomic E-state index is 13.0. The van der Waals surface area contributed by atoms with E-state index in [1.165, 1.54) is 4.90 Å². The Morgan fingerprint density at radius 2 is 1.87 bits per heavy atom. The van der Waals surface area contributed by atoms with Gasteiger partial charge in [-0.15, -0.1) is 21.9 Å². The number of β-lactam (4-membered cyclic amide) rings is 1. The number of esters is 1. The molecule has 11 nitrogen and oxygen atoms in total. The van der Waals surface area contributed by atoms with Crippen molar-refractivity contribution >= 4 is 35.5 Å². The first-order valence-corrected chi connectivity index (χ1v) is 10.4. The molecule has 0 spiro atoms. The Balaban J connectivity index is 1.56. The first-order chi connectivity index (χ1) is 14.7. The van der Waals surface area contributed by atoms with Crippen LogP contribution in [0.2, 0.25) is 0 Å². The van der Waals surface area contributed by atoms with E-state index >= 15 is 0 Å². The molecule has 4 rings (SSSR count). The van der Waals surface area contributed by atoms with Crippen molar-refractivity contribution in [1.82, 2.24) is 9.80 Å². The highest BCUT2D eigenvalue weighted by Crippen LogP contribution is 2.53. The van der Waals surface area contributed by atoms with Gasteiger partial charge in [0.05, 0.1) is 4.75 Å². The number of rotatable bonds is 7. The third kappa shape index (κ3) is 3.60. The van der Waals surface area contributed by atoms with Crippen molar-refractivity contribution in [1.29, 1.82) is 0 Å². The molecule has 3 fully saturated rings. The van der Waals surface area contributed by atoms with Gasteiger partial charge in [0, 0.05) is 12.8 Å². The number of likely N-dealkylation sites (tertiary alicyclic amines) is 1. The summed E-state index contributed by atoms with van der Waals surface area (Å²) in [5.41, 5.74) is 0.738. The second kappa shape index (κ2) is 7.84. The predicted octanol–water partition coefficient (Wildman–Crippen LogP) is 0.498. The maximum Gasteiger partial charge on any atom is 0.330 e. The van der Waals surface area contributed by atoms with Crippen LogP contribution in [0.5, 0.6) is 0 Å². The summed E-state index contributed by atoms with van der Waals surface area (Å²) in [7, 11) is 0. The fourth-order valence-electron chi connectivity index (χ4n) is 4.11. The Hall–Kier alpha value is -3.15. The van der Waals surface area contributed by atoms with E-state index in [0.717, 1.165) is 22.2 Å². The van der Waals surface area contributed by atoms with Crippen molar-refractivity contribution < 1.29 is 33.8 Å². The molecule has 3 saturated heterocycles. The zero-order valence-corrected chi connectivity index (χ0v) is 17.3. The van der Waals surface area contributed by atoms with Crippen LogP contribution >= 0.6 is 11.8 Å². The highest BCUT2D eigenvalue weighted by molar-refractivity contribution is 8.01. The van der Waals surface area contributed by atoms with Crippen LogP contribution in [0.3, 0.4) is 0 Å². The molecule has 4 unspecified atom stereocenters. The van der Waals surface area contributed by atoms with E-state index in [1.807, 2.05) is 6.07 Å². The summed E-state index contributed by atoms with van der Waals surface area (Å²) in [5, 5.41) is 9.10. The number of hydrogen-bond donors (Lipinski definition) is 0. The molecule has 0 saturated carbocycles. The summed E-state index contributed by atoms with van der Waals surface area (Å²) < 4.78 is 4.19. The molecule has 1 aromatic rings. The number of carbonyl (C=O) groups is 4. The Bertz CT molecular complexity index is 941. The van der Waals surface area contributed by atoms with E-state index in [2.05, 4.69) is 4.84 Å². The van der Waals surface area contributed by atoms with Crippen LogP contribution in [0.15, 0.2) is 30.3 Å². The van der Waals surface area contributed by atoms with Gasteiger partial charge >= 0.3 is 5.97 Å². The van der Waals surface area contributed by atoms with Crippen LogP contribution in [-0.2, 0) is 35.4 Å². The molecule has 0 N–H and O–H groups in total. The van der Waals surface area contributed by atoms with Gasteiger partial charge in [0.15, 0.2) is 0 Å². The quantitative estimate of drug-likeness (QED) is 0.192. The molecule has 0 bridgehead atoms. The average Bonchev–Trinajstić information content (AvgIpc) is 3.21. The Morgan fingerprint density at radius 1 is 1.23 bits per heavy atom. The molecule has 4 atom stereocenters. The van der Waals surface area contributed by atoms with Crippen molar-refractivity contribution in [3.8, 4) is 0 Å². The standard InChI is InChI=1S/C19H19N3O8S/c1-19(10-30-22(27)28)15(18(26)29-9-11-5-3-2-4-6-11)21-16(25)14(17(21)31-19)20-12(23)7-8-13(20)24/h2-6,14-15,17H,7-10H2,1H3. The molecular formula is C19H19N3O8S. The van der Waals surface area contributed by atoms with Crippen LogP contribution in [0.4, 0.5) is 0 Å². The molecule has 3 aliphatic rings. The molecule has 31 heavy (non-hydrogen) atoms. The van der Waals surface area contributed by atoms with E-state index in [1.54, 1.807) is 31.2 Å². The lowest BCUT2D eigenvalue weighted by molar-refractivity contribution is -0.758. The summed E-state index contributed by atoms with van der Waals surface area (Å²) in [4.78, 5) is 67.6. The van der Waals surface area contributed by atoms with E-state index in [0.29, 0.717) is 0 Å². The number of benzene rings is 1. The van der Waals surface area contributed by atoms with Gasteiger partial charge in [-0.25, -0.2) is 4.79 Å². The smallest absolute Gasteiger partial charge is 0.330 e. The first kappa shape index (κ1) is 21.1. The summed E-state index contributed by atoms with van der Waals surface area (Å²) in [5.74, 6) is -2.18. The molecule has 3 aliphatic heterocycles. The van der Waals surface area contributed by atoms with Gasteiger partial charge in [0.25, 0.3) is 11.0 Å². The van der Waals surface area contributed by atoms with Crippen LogP contribution in [0.25, 0.3) is 0 Å². The normalized spacial score (nSPS) is 29.6. The average molecular weight is 449 g/mol. The number of thioether (sulfide) groups is 1. The minimum atomic E-state index is -1.21. The SMILES string of the molecule is CC1(CO[N+](=O)[O-])SC2C(N3C(=O)CCC3=O)C(=O)N2C1C(=O)OCc1ccccc1. The Morgan fingerprint density at radius 3 is 2.48 bits per heavy atom. The number of nitrogens with zero attached hydrogens (tertiary/aromatic N) is 3. The largest absolute Gasteiger partial charge is 0.459 e. The Kier molecular flexibility index (Phi) is 5.33. The number of carbonyl (C=O) groups excluding carboxylic acids is 4. The highest BCUT2D eigenvalue weighted by Gasteiger charge is 2.68. The van der Waals surface area contributed by atoms with Crippen molar-refractivity contribution in [2.45, 2.75) is 48.6 Å². The highest BCUT2D eigenvalue weighted by atomic mass is 32.2. The fraction of sp³-hybridized carbons (Fsp3) is 0.474. The first-order valence-electron chi connectivity index (χ1n) is 9.56. The molecule has 3 heterocycles. The summed E-state index contributed by atoms with van der Waals surface area (Å²) in [6.45, 7) is 1.06. The lowest BCUT2D eigenvalue weighted by Crippen LogP contribution is -2.71. The van der Waals surface area contributed by atoms with E-state index < -0.39 is 57.6 Å². The fourth-order valence-corrected chi connectivity index (χ4v) is 5.82. The van der Waals surface area contributed by atoms with Crippen LogP contribution in [0.1, 0.15) is 25.3 Å². The number of hydrogen-bond acceptors (Lipinski definition) is 9. The number of imide groups is 1. The van der Waals surface area contributed by atoms with Gasteiger partial charge in [-0.1, -0.05) is 30.3 Å². The molecule has 0 radical (unpaired) electrons. The van der Waals surface area contributed by atoms with Crippen molar-refractivity contribution in [2.75, 3.05) is 6.61 Å². The maximum absolute atomic E-state index is 13.0. The monoisotopic (exact) mass is 449 g/mol. The molecule has 3 amide bonds. The lowest BCUT2D eigenvalue weighted by Gasteiger charge is -2.46.